The molecule has 0 amide bonds. The Bertz CT molecular complexity index is 292. The lowest BCUT2D eigenvalue weighted by molar-refractivity contribution is 0.0878. The second-order valence-corrected chi connectivity index (χ2v) is 3.74. The van der Waals surface area contributed by atoms with Crippen molar-refractivity contribution in [2.45, 2.75) is 31.8 Å². The fourth-order valence-corrected chi connectivity index (χ4v) is 1.57. The van der Waals surface area contributed by atoms with E-state index in [1.807, 2.05) is 6.92 Å². The first-order valence-corrected chi connectivity index (χ1v) is 5.08. The molecule has 0 spiro atoms. The van der Waals surface area contributed by atoms with E-state index in [2.05, 4.69) is 4.98 Å². The third-order valence-corrected chi connectivity index (χ3v) is 2.59. The van der Waals surface area contributed by atoms with Gasteiger partial charge in [-0.05, 0) is 12.8 Å². The molecule has 0 aliphatic carbocycles. The monoisotopic (exact) mass is 196 g/mol. The van der Waals surface area contributed by atoms with Crippen molar-refractivity contribution in [1.29, 1.82) is 0 Å². The molecule has 4 nitrogen and oxygen atoms in total. The number of oxazole rings is 1. The summed E-state index contributed by atoms with van der Waals surface area (Å²) in [6.07, 6.45) is 3.93. The van der Waals surface area contributed by atoms with Gasteiger partial charge in [0.05, 0.1) is 6.20 Å². The van der Waals surface area contributed by atoms with Crippen molar-refractivity contribution in [1.82, 2.24) is 4.98 Å². The summed E-state index contributed by atoms with van der Waals surface area (Å²) in [5.74, 6) is 1.80. The molecule has 0 bridgehead atoms. The van der Waals surface area contributed by atoms with Crippen molar-refractivity contribution in [3.05, 3.63) is 17.8 Å². The third kappa shape index (κ3) is 1.81. The maximum atomic E-state index is 5.60. The zero-order valence-corrected chi connectivity index (χ0v) is 8.40. The Balaban J connectivity index is 2.08. The Labute approximate surface area is 83.4 Å². The Hall–Kier alpha value is -0.870. The summed E-state index contributed by atoms with van der Waals surface area (Å²) in [6, 6.07) is 0. The van der Waals surface area contributed by atoms with E-state index in [-0.39, 0.29) is 12.0 Å². The minimum atomic E-state index is 0.0636. The Morgan fingerprint density at radius 2 is 2.57 bits per heavy atom. The molecule has 2 atom stereocenters. The van der Waals surface area contributed by atoms with Crippen LogP contribution in [0.15, 0.2) is 10.6 Å². The van der Waals surface area contributed by atoms with Gasteiger partial charge in [-0.25, -0.2) is 4.98 Å². The Morgan fingerprint density at radius 1 is 1.71 bits per heavy atom. The first kappa shape index (κ1) is 9.68. The smallest absolute Gasteiger partial charge is 0.223 e. The van der Waals surface area contributed by atoms with Gasteiger partial charge in [0.15, 0.2) is 0 Å². The van der Waals surface area contributed by atoms with Crippen LogP contribution in [0.4, 0.5) is 0 Å². The molecule has 1 aliphatic rings. The van der Waals surface area contributed by atoms with Gasteiger partial charge in [0.1, 0.15) is 11.9 Å². The van der Waals surface area contributed by atoms with Crippen molar-refractivity contribution in [3.63, 3.8) is 0 Å². The fraction of sp³-hybridized carbons (Fsp3) is 0.700. The molecule has 2 rings (SSSR count). The third-order valence-electron chi connectivity index (χ3n) is 2.59. The van der Waals surface area contributed by atoms with Crippen LogP contribution in [0.1, 0.15) is 43.4 Å². The first-order valence-electron chi connectivity index (χ1n) is 5.08. The quantitative estimate of drug-likeness (QED) is 0.797. The van der Waals surface area contributed by atoms with Gasteiger partial charge in [-0.2, -0.15) is 0 Å². The van der Waals surface area contributed by atoms with Crippen LogP contribution in [0.2, 0.25) is 0 Å². The van der Waals surface area contributed by atoms with Crippen molar-refractivity contribution < 1.29 is 9.15 Å². The number of nitrogens with zero attached hydrogens (tertiary/aromatic N) is 1. The van der Waals surface area contributed by atoms with Gasteiger partial charge in [0.25, 0.3) is 0 Å². The average molecular weight is 196 g/mol. The summed E-state index contributed by atoms with van der Waals surface area (Å²) in [5, 5.41) is 0. The zero-order chi connectivity index (χ0) is 9.97. The standard InChI is InChI=1S/C10H16N2O2/c1-7(5-11)9-6-12-10(14-9)8-3-2-4-13-8/h6-8H,2-5,11H2,1H3. The maximum absolute atomic E-state index is 5.60. The van der Waals surface area contributed by atoms with Crippen molar-refractivity contribution in [2.75, 3.05) is 13.2 Å². The van der Waals surface area contributed by atoms with Gasteiger partial charge in [-0.1, -0.05) is 6.92 Å². The number of hydrogen-bond acceptors (Lipinski definition) is 4. The fourth-order valence-electron chi connectivity index (χ4n) is 1.57. The van der Waals surface area contributed by atoms with Gasteiger partial charge >= 0.3 is 0 Å². The van der Waals surface area contributed by atoms with Crippen LogP contribution < -0.4 is 5.73 Å². The molecule has 0 saturated carbocycles. The SMILES string of the molecule is CC(CN)c1cnc(C2CCCO2)o1. The molecule has 0 aromatic carbocycles. The molecule has 78 valence electrons. The van der Waals surface area contributed by atoms with Crippen LogP contribution >= 0.6 is 0 Å². The largest absolute Gasteiger partial charge is 0.443 e. The molecule has 14 heavy (non-hydrogen) atoms. The van der Waals surface area contributed by atoms with Crippen LogP contribution in [-0.4, -0.2) is 18.1 Å². The average Bonchev–Trinajstić information content (AvgIpc) is 2.86. The van der Waals surface area contributed by atoms with E-state index in [1.165, 1.54) is 0 Å². The van der Waals surface area contributed by atoms with Gasteiger partial charge in [-0.15, -0.1) is 0 Å². The molecule has 2 heterocycles. The molecule has 1 aromatic rings. The van der Waals surface area contributed by atoms with Crippen molar-refractivity contribution >= 4 is 0 Å². The van der Waals surface area contributed by atoms with E-state index in [4.69, 9.17) is 14.9 Å². The second kappa shape index (κ2) is 4.11. The predicted octanol–water partition coefficient (Wildman–Crippen LogP) is 1.59. The normalized spacial score (nSPS) is 24.0. The van der Waals surface area contributed by atoms with Crippen LogP contribution in [0.25, 0.3) is 0 Å². The highest BCUT2D eigenvalue weighted by molar-refractivity contribution is 5.03. The van der Waals surface area contributed by atoms with Crippen molar-refractivity contribution in [2.24, 2.45) is 5.73 Å². The molecule has 2 N–H and O–H groups in total. The van der Waals surface area contributed by atoms with Gasteiger partial charge < -0.3 is 14.9 Å². The number of hydrogen-bond donors (Lipinski definition) is 1. The van der Waals surface area contributed by atoms with E-state index < -0.39 is 0 Å². The van der Waals surface area contributed by atoms with E-state index in [0.29, 0.717) is 12.4 Å². The summed E-state index contributed by atoms with van der Waals surface area (Å²) >= 11 is 0. The highest BCUT2D eigenvalue weighted by Gasteiger charge is 2.23. The summed E-state index contributed by atoms with van der Waals surface area (Å²) in [6.45, 7) is 3.43. The van der Waals surface area contributed by atoms with E-state index in [1.54, 1.807) is 6.20 Å². The number of nitrogens with two attached hydrogens (primary N) is 1. The summed E-state index contributed by atoms with van der Waals surface area (Å²) in [7, 11) is 0. The van der Waals surface area contributed by atoms with Crippen LogP contribution in [0.3, 0.4) is 0 Å². The van der Waals surface area contributed by atoms with E-state index >= 15 is 0 Å². The lowest BCUT2D eigenvalue weighted by Crippen LogP contribution is -2.07. The van der Waals surface area contributed by atoms with Gasteiger partial charge in [0, 0.05) is 19.1 Å². The van der Waals surface area contributed by atoms with E-state index in [9.17, 15) is 0 Å². The molecule has 1 saturated heterocycles. The molecule has 2 unspecified atom stereocenters. The van der Waals surface area contributed by atoms with Crippen LogP contribution in [-0.2, 0) is 4.74 Å². The maximum Gasteiger partial charge on any atom is 0.223 e. The summed E-state index contributed by atoms with van der Waals surface area (Å²) < 4.78 is 11.1. The Kier molecular flexibility index (Phi) is 2.84. The van der Waals surface area contributed by atoms with Crippen molar-refractivity contribution in [3.8, 4) is 0 Å². The number of rotatable bonds is 3. The molecular formula is C10H16N2O2. The Morgan fingerprint density at radius 3 is 3.21 bits per heavy atom. The minimum absolute atomic E-state index is 0.0636. The van der Waals surface area contributed by atoms with E-state index in [0.717, 1.165) is 25.2 Å². The van der Waals surface area contributed by atoms with Gasteiger partial charge in [-0.3, -0.25) is 0 Å². The molecular weight excluding hydrogens is 180 g/mol. The lowest BCUT2D eigenvalue weighted by Gasteiger charge is -2.05. The highest BCUT2D eigenvalue weighted by Crippen LogP contribution is 2.29. The zero-order valence-electron chi connectivity index (χ0n) is 8.40. The molecule has 0 radical (unpaired) electrons. The molecule has 1 fully saturated rings. The molecule has 1 aliphatic heterocycles. The lowest BCUT2D eigenvalue weighted by atomic mass is 10.1. The molecule has 4 heteroatoms. The predicted molar refractivity (Wildman–Crippen MR) is 51.9 cm³/mol. The molecule has 1 aromatic heterocycles. The summed E-state index contributed by atoms with van der Waals surface area (Å²) in [5.41, 5.74) is 5.55. The number of aromatic nitrogens is 1. The van der Waals surface area contributed by atoms with Gasteiger partial charge in [0.2, 0.25) is 5.89 Å². The first-order chi connectivity index (χ1) is 6.81. The van der Waals surface area contributed by atoms with Crippen LogP contribution in [0, 0.1) is 0 Å². The highest BCUT2D eigenvalue weighted by atomic mass is 16.5. The van der Waals surface area contributed by atoms with Crippen LogP contribution in [0.5, 0.6) is 0 Å². The second-order valence-electron chi connectivity index (χ2n) is 3.74. The number of ether oxygens (including phenoxy) is 1. The topological polar surface area (TPSA) is 61.3 Å². The summed E-state index contributed by atoms with van der Waals surface area (Å²) in [4.78, 5) is 4.22. The minimum Gasteiger partial charge on any atom is -0.443 e.